The van der Waals surface area contributed by atoms with Gasteiger partial charge in [0, 0.05) is 11.3 Å². The number of carbonyl (C=O) groups is 2. The Kier molecular flexibility index (Phi) is 4.93. The van der Waals surface area contributed by atoms with Crippen LogP contribution in [0.2, 0.25) is 0 Å². The molecule has 2 aromatic rings. The molecular weight excluding hydrogens is 376 g/mol. The molecule has 0 aromatic heterocycles. The Morgan fingerprint density at radius 1 is 1.18 bits per heavy atom. The SMILES string of the molecule is COc1ccc2c(c1OC)C(=O)N1[C@H](C(=O)N[C@@H](C)c3ccccc3)CS[C@@H]21. The molecule has 0 radical (unpaired) electrons. The molecular formula is C21H22N2O4S. The Hall–Kier alpha value is -2.67. The second-order valence-electron chi connectivity index (χ2n) is 6.82. The van der Waals surface area contributed by atoms with E-state index < -0.39 is 6.04 Å². The third-order valence-electron chi connectivity index (χ3n) is 5.25. The van der Waals surface area contributed by atoms with E-state index in [-0.39, 0.29) is 23.2 Å². The number of benzene rings is 2. The standard InChI is InChI=1S/C21H22N2O4S/c1-12(13-7-5-4-6-8-13)22-19(24)15-11-28-21-14-9-10-16(26-2)18(27-3)17(14)20(25)23(15)21/h4-10,12,15,21H,11H2,1-3H3,(H,22,24)/t12-,15-,21-/m0/s1. The third kappa shape index (κ3) is 2.90. The van der Waals surface area contributed by atoms with Gasteiger partial charge in [0.25, 0.3) is 5.91 Å². The zero-order valence-electron chi connectivity index (χ0n) is 16.0. The minimum absolute atomic E-state index is 0.132. The summed E-state index contributed by atoms with van der Waals surface area (Å²) in [7, 11) is 3.06. The molecule has 2 aromatic carbocycles. The average molecular weight is 398 g/mol. The Labute approximate surface area is 168 Å². The number of amides is 2. The van der Waals surface area contributed by atoms with Gasteiger partial charge in [0.05, 0.1) is 25.8 Å². The first-order valence-electron chi connectivity index (χ1n) is 9.11. The summed E-state index contributed by atoms with van der Waals surface area (Å²) in [5.74, 6) is 1.18. The number of fused-ring (bicyclic) bond motifs is 3. The van der Waals surface area contributed by atoms with E-state index in [9.17, 15) is 9.59 Å². The molecule has 0 saturated carbocycles. The fourth-order valence-corrected chi connectivity index (χ4v) is 5.28. The molecule has 0 spiro atoms. The van der Waals surface area contributed by atoms with Crippen LogP contribution in [0.1, 0.15) is 39.8 Å². The van der Waals surface area contributed by atoms with Crippen molar-refractivity contribution in [3.63, 3.8) is 0 Å². The maximum atomic E-state index is 13.2. The fraction of sp³-hybridized carbons (Fsp3) is 0.333. The molecule has 7 heteroatoms. The second kappa shape index (κ2) is 7.39. The van der Waals surface area contributed by atoms with Crippen molar-refractivity contribution in [2.45, 2.75) is 24.4 Å². The highest BCUT2D eigenvalue weighted by Gasteiger charge is 2.50. The van der Waals surface area contributed by atoms with Gasteiger partial charge in [-0.2, -0.15) is 0 Å². The number of rotatable bonds is 5. The summed E-state index contributed by atoms with van der Waals surface area (Å²) in [5.41, 5.74) is 2.40. The second-order valence-corrected chi connectivity index (χ2v) is 7.93. The van der Waals surface area contributed by atoms with E-state index in [4.69, 9.17) is 9.47 Å². The number of hydrogen-bond acceptors (Lipinski definition) is 5. The van der Waals surface area contributed by atoms with Crippen LogP contribution in [0.15, 0.2) is 42.5 Å². The summed E-state index contributed by atoms with van der Waals surface area (Å²) in [6, 6.07) is 12.8. The first kappa shape index (κ1) is 18.7. The highest BCUT2D eigenvalue weighted by atomic mass is 32.2. The van der Waals surface area contributed by atoms with Crippen molar-refractivity contribution in [3.05, 3.63) is 59.2 Å². The number of thioether (sulfide) groups is 1. The van der Waals surface area contributed by atoms with Gasteiger partial charge in [-0.05, 0) is 18.6 Å². The Morgan fingerprint density at radius 3 is 2.61 bits per heavy atom. The minimum Gasteiger partial charge on any atom is -0.493 e. The summed E-state index contributed by atoms with van der Waals surface area (Å²) in [4.78, 5) is 27.8. The van der Waals surface area contributed by atoms with E-state index >= 15 is 0 Å². The number of carbonyl (C=O) groups excluding carboxylic acids is 2. The van der Waals surface area contributed by atoms with Gasteiger partial charge >= 0.3 is 0 Å². The van der Waals surface area contributed by atoms with Crippen LogP contribution in [-0.4, -0.2) is 42.7 Å². The van der Waals surface area contributed by atoms with E-state index in [0.29, 0.717) is 22.8 Å². The maximum absolute atomic E-state index is 13.2. The predicted molar refractivity (Wildman–Crippen MR) is 108 cm³/mol. The first-order chi connectivity index (χ1) is 13.6. The van der Waals surface area contributed by atoms with E-state index in [1.807, 2.05) is 43.3 Å². The lowest BCUT2D eigenvalue weighted by atomic mass is 10.1. The molecule has 3 atom stereocenters. The molecule has 6 nitrogen and oxygen atoms in total. The number of methoxy groups -OCH3 is 2. The van der Waals surface area contributed by atoms with Crippen molar-refractivity contribution in [2.24, 2.45) is 0 Å². The van der Waals surface area contributed by atoms with Gasteiger partial charge in [-0.1, -0.05) is 36.4 Å². The number of nitrogens with zero attached hydrogens (tertiary/aromatic N) is 1. The average Bonchev–Trinajstić information content (AvgIpc) is 3.28. The molecule has 0 unspecified atom stereocenters. The molecule has 1 N–H and O–H groups in total. The Morgan fingerprint density at radius 2 is 1.93 bits per heavy atom. The van der Waals surface area contributed by atoms with Crippen LogP contribution in [-0.2, 0) is 4.79 Å². The van der Waals surface area contributed by atoms with Gasteiger partial charge in [-0.3, -0.25) is 9.59 Å². The quantitative estimate of drug-likeness (QED) is 0.838. The lowest BCUT2D eigenvalue weighted by Gasteiger charge is -2.24. The van der Waals surface area contributed by atoms with Gasteiger partial charge in [0.15, 0.2) is 11.5 Å². The van der Waals surface area contributed by atoms with Crippen molar-refractivity contribution in [1.29, 1.82) is 0 Å². The van der Waals surface area contributed by atoms with Gasteiger partial charge in [-0.25, -0.2) is 0 Å². The van der Waals surface area contributed by atoms with Crippen molar-refractivity contribution >= 4 is 23.6 Å². The molecule has 2 aliphatic rings. The van der Waals surface area contributed by atoms with Crippen LogP contribution in [0.3, 0.4) is 0 Å². The third-order valence-corrected chi connectivity index (χ3v) is 6.56. The minimum atomic E-state index is -0.517. The summed E-state index contributed by atoms with van der Waals surface area (Å²) < 4.78 is 10.8. The van der Waals surface area contributed by atoms with Crippen LogP contribution in [0.5, 0.6) is 11.5 Å². The zero-order valence-corrected chi connectivity index (χ0v) is 16.8. The first-order valence-corrected chi connectivity index (χ1v) is 10.2. The van der Waals surface area contributed by atoms with Crippen molar-refractivity contribution < 1.29 is 19.1 Å². The summed E-state index contributed by atoms with van der Waals surface area (Å²) in [5, 5.41) is 2.87. The number of hydrogen-bond donors (Lipinski definition) is 1. The molecule has 0 bridgehead atoms. The van der Waals surface area contributed by atoms with Crippen LogP contribution >= 0.6 is 11.8 Å². The van der Waals surface area contributed by atoms with Gasteiger partial charge < -0.3 is 19.7 Å². The van der Waals surface area contributed by atoms with E-state index in [1.54, 1.807) is 29.8 Å². The largest absolute Gasteiger partial charge is 0.493 e. The molecule has 4 rings (SSSR count). The lowest BCUT2D eigenvalue weighted by Crippen LogP contribution is -2.46. The molecule has 28 heavy (non-hydrogen) atoms. The topological polar surface area (TPSA) is 67.9 Å². The van der Waals surface area contributed by atoms with Crippen molar-refractivity contribution in [1.82, 2.24) is 10.2 Å². The number of ether oxygens (including phenoxy) is 2. The molecule has 1 saturated heterocycles. The maximum Gasteiger partial charge on any atom is 0.260 e. The molecule has 1 fully saturated rings. The van der Waals surface area contributed by atoms with E-state index in [2.05, 4.69) is 5.32 Å². The zero-order chi connectivity index (χ0) is 19.8. The highest BCUT2D eigenvalue weighted by molar-refractivity contribution is 7.99. The van der Waals surface area contributed by atoms with Gasteiger partial charge in [-0.15, -0.1) is 11.8 Å². The lowest BCUT2D eigenvalue weighted by molar-refractivity contribution is -0.125. The Balaban J connectivity index is 1.58. The van der Waals surface area contributed by atoms with Gasteiger partial charge in [0.2, 0.25) is 5.91 Å². The summed E-state index contributed by atoms with van der Waals surface area (Å²) >= 11 is 1.60. The monoisotopic (exact) mass is 398 g/mol. The van der Waals surface area contributed by atoms with Crippen LogP contribution < -0.4 is 14.8 Å². The molecule has 2 heterocycles. The Bertz CT molecular complexity index is 918. The van der Waals surface area contributed by atoms with E-state index in [1.165, 1.54) is 7.11 Å². The van der Waals surface area contributed by atoms with E-state index in [0.717, 1.165) is 11.1 Å². The highest BCUT2D eigenvalue weighted by Crippen LogP contribution is 2.52. The molecule has 146 valence electrons. The van der Waals surface area contributed by atoms with Crippen molar-refractivity contribution in [3.8, 4) is 11.5 Å². The number of nitrogens with one attached hydrogen (secondary N) is 1. The van der Waals surface area contributed by atoms with Crippen molar-refractivity contribution in [2.75, 3.05) is 20.0 Å². The molecule has 2 aliphatic heterocycles. The fourth-order valence-electron chi connectivity index (χ4n) is 3.83. The smallest absolute Gasteiger partial charge is 0.260 e. The van der Waals surface area contributed by atoms with Crippen LogP contribution in [0, 0.1) is 0 Å². The summed E-state index contributed by atoms with van der Waals surface area (Å²) in [6.07, 6.45) is 0. The predicted octanol–water partition coefficient (Wildman–Crippen LogP) is 3.15. The van der Waals surface area contributed by atoms with Crippen LogP contribution in [0.4, 0.5) is 0 Å². The van der Waals surface area contributed by atoms with Crippen LogP contribution in [0.25, 0.3) is 0 Å². The normalized spacial score (nSPS) is 21.1. The summed E-state index contributed by atoms with van der Waals surface area (Å²) in [6.45, 7) is 1.95. The molecule has 2 amide bonds. The van der Waals surface area contributed by atoms with Gasteiger partial charge in [0.1, 0.15) is 11.4 Å². The molecule has 0 aliphatic carbocycles.